The molecule has 1 aliphatic carbocycles. The van der Waals surface area contributed by atoms with Crippen LogP contribution in [0.2, 0.25) is 0 Å². The molecule has 0 aromatic heterocycles. The molecule has 1 aliphatic rings. The second-order valence-electron chi connectivity index (χ2n) is 5.68. The summed E-state index contributed by atoms with van der Waals surface area (Å²) in [6.07, 6.45) is 9.91. The van der Waals surface area contributed by atoms with Gasteiger partial charge in [0.2, 0.25) is 0 Å². The maximum Gasteiger partial charge on any atom is 0.158 e. The quantitative estimate of drug-likeness (QED) is 0.371. The normalized spacial score (nSPS) is 21.8. The molecular weight excluding hydrogens is 232 g/mol. The van der Waals surface area contributed by atoms with Crippen molar-refractivity contribution < 1.29 is 4.79 Å². The summed E-state index contributed by atoms with van der Waals surface area (Å²) < 4.78 is 0. The zero-order valence-corrected chi connectivity index (χ0v) is 12.5. The molecule has 0 N–H and O–H groups in total. The van der Waals surface area contributed by atoms with Gasteiger partial charge in [-0.05, 0) is 64.0 Å². The maximum atomic E-state index is 11.9. The Kier molecular flexibility index (Phi) is 6.01. The van der Waals surface area contributed by atoms with E-state index in [1.807, 2.05) is 0 Å². The van der Waals surface area contributed by atoms with Gasteiger partial charge in [-0.15, -0.1) is 0 Å². The van der Waals surface area contributed by atoms with Crippen molar-refractivity contribution in [1.29, 1.82) is 0 Å². The monoisotopic (exact) mass is 258 g/mol. The van der Waals surface area contributed by atoms with E-state index in [2.05, 4.69) is 46.1 Å². The van der Waals surface area contributed by atoms with Crippen LogP contribution in [0.25, 0.3) is 0 Å². The number of allylic oxidation sites excluding steroid dienone is 6. The lowest BCUT2D eigenvalue weighted by Gasteiger charge is -2.26. The molecule has 0 radical (unpaired) electrons. The van der Waals surface area contributed by atoms with Crippen molar-refractivity contribution in [2.24, 2.45) is 11.8 Å². The maximum absolute atomic E-state index is 11.9. The molecule has 0 amide bonds. The molecule has 1 heteroatoms. The van der Waals surface area contributed by atoms with E-state index in [1.165, 1.54) is 17.2 Å². The van der Waals surface area contributed by atoms with E-state index in [-0.39, 0.29) is 11.7 Å². The fourth-order valence-corrected chi connectivity index (χ4v) is 2.90. The summed E-state index contributed by atoms with van der Waals surface area (Å²) in [4.78, 5) is 11.9. The van der Waals surface area contributed by atoms with E-state index in [9.17, 15) is 4.79 Å². The molecule has 0 fully saturated rings. The van der Waals surface area contributed by atoms with Gasteiger partial charge < -0.3 is 0 Å². The van der Waals surface area contributed by atoms with Crippen molar-refractivity contribution in [3.8, 4) is 0 Å². The Balaban J connectivity index is 2.74. The van der Waals surface area contributed by atoms with Gasteiger partial charge in [0.15, 0.2) is 5.78 Å². The lowest BCUT2D eigenvalue weighted by Crippen LogP contribution is -2.23. The van der Waals surface area contributed by atoms with Gasteiger partial charge in [0.05, 0.1) is 0 Å². The number of hydrogen-bond donors (Lipinski definition) is 0. The minimum absolute atomic E-state index is 0.131. The first kappa shape index (κ1) is 15.7. The highest BCUT2D eigenvalue weighted by molar-refractivity contribution is 5.91. The molecule has 0 aromatic carbocycles. The van der Waals surface area contributed by atoms with Gasteiger partial charge in [-0.1, -0.05) is 36.5 Å². The van der Waals surface area contributed by atoms with Gasteiger partial charge >= 0.3 is 0 Å². The molecule has 0 aromatic rings. The fourth-order valence-electron chi connectivity index (χ4n) is 2.90. The average Bonchev–Trinajstić information content (AvgIpc) is 2.37. The molecule has 0 heterocycles. The van der Waals surface area contributed by atoms with Crippen LogP contribution in [-0.4, -0.2) is 5.78 Å². The third-order valence-electron chi connectivity index (χ3n) is 3.96. The Morgan fingerprint density at radius 3 is 2.58 bits per heavy atom. The highest BCUT2D eigenvalue weighted by atomic mass is 16.1. The van der Waals surface area contributed by atoms with Crippen LogP contribution in [0.5, 0.6) is 0 Å². The molecule has 0 aliphatic heterocycles. The minimum Gasteiger partial charge on any atom is -0.295 e. The van der Waals surface area contributed by atoms with Gasteiger partial charge in [-0.3, -0.25) is 4.79 Å². The van der Waals surface area contributed by atoms with Crippen LogP contribution < -0.4 is 0 Å². The van der Waals surface area contributed by atoms with Crippen molar-refractivity contribution in [2.45, 2.75) is 46.5 Å². The molecule has 1 rings (SSSR count). The topological polar surface area (TPSA) is 17.1 Å². The molecule has 2 atom stereocenters. The van der Waals surface area contributed by atoms with Crippen LogP contribution in [0.3, 0.4) is 0 Å². The summed E-state index contributed by atoms with van der Waals surface area (Å²) in [5.74, 6) is 0.683. The molecule has 104 valence electrons. The first-order chi connectivity index (χ1) is 8.97. The first-order valence-electron chi connectivity index (χ1n) is 7.12. The standard InChI is InChI=1S/C18H26O/c1-6-18(19)17-10-8-7-9-15(17)11-12-16(13(2)3)14(4)5/h6-7,9,15,17H,1-2,8,10-12H2,3-5H3/t15-,17-/m0/s1. The summed E-state index contributed by atoms with van der Waals surface area (Å²) >= 11 is 0. The summed E-state index contributed by atoms with van der Waals surface area (Å²) in [5.41, 5.74) is 3.83. The van der Waals surface area contributed by atoms with Crippen molar-refractivity contribution in [1.82, 2.24) is 0 Å². The third kappa shape index (κ3) is 4.34. The molecule has 0 unspecified atom stereocenters. The van der Waals surface area contributed by atoms with Crippen LogP contribution in [0.1, 0.15) is 46.5 Å². The van der Waals surface area contributed by atoms with Crippen LogP contribution >= 0.6 is 0 Å². The smallest absolute Gasteiger partial charge is 0.158 e. The van der Waals surface area contributed by atoms with E-state index >= 15 is 0 Å². The lowest BCUT2D eigenvalue weighted by atomic mass is 9.77. The number of ketones is 1. The lowest BCUT2D eigenvalue weighted by molar-refractivity contribution is -0.119. The van der Waals surface area contributed by atoms with Gasteiger partial charge in [-0.2, -0.15) is 0 Å². The predicted octanol–water partition coefficient (Wildman–Crippen LogP) is 5.02. The fraction of sp³-hybridized carbons (Fsp3) is 0.500. The highest BCUT2D eigenvalue weighted by Crippen LogP contribution is 2.32. The minimum atomic E-state index is 0.131. The van der Waals surface area contributed by atoms with E-state index in [4.69, 9.17) is 0 Å². The van der Waals surface area contributed by atoms with Crippen LogP contribution in [-0.2, 0) is 4.79 Å². The van der Waals surface area contributed by atoms with Crippen LogP contribution in [0.15, 0.2) is 48.1 Å². The molecule has 0 saturated heterocycles. The molecule has 1 nitrogen and oxygen atoms in total. The summed E-state index contributed by atoms with van der Waals surface area (Å²) in [6.45, 7) is 14.0. The van der Waals surface area contributed by atoms with E-state index in [0.29, 0.717) is 5.92 Å². The van der Waals surface area contributed by atoms with Crippen molar-refractivity contribution in [3.05, 3.63) is 48.1 Å². The van der Waals surface area contributed by atoms with Crippen molar-refractivity contribution in [2.75, 3.05) is 0 Å². The molecular formula is C18H26O. The summed E-state index contributed by atoms with van der Waals surface area (Å²) in [5, 5.41) is 0. The van der Waals surface area contributed by atoms with Gasteiger partial charge in [0, 0.05) is 5.92 Å². The van der Waals surface area contributed by atoms with Gasteiger partial charge in [-0.25, -0.2) is 0 Å². The summed E-state index contributed by atoms with van der Waals surface area (Å²) in [6, 6.07) is 0. The summed E-state index contributed by atoms with van der Waals surface area (Å²) in [7, 11) is 0. The Morgan fingerprint density at radius 1 is 1.37 bits per heavy atom. The van der Waals surface area contributed by atoms with Gasteiger partial charge in [0.1, 0.15) is 0 Å². The second-order valence-corrected chi connectivity index (χ2v) is 5.68. The first-order valence-corrected chi connectivity index (χ1v) is 7.12. The second kappa shape index (κ2) is 7.28. The Morgan fingerprint density at radius 2 is 2.05 bits per heavy atom. The molecule has 0 spiro atoms. The zero-order chi connectivity index (χ0) is 14.4. The molecule has 0 saturated carbocycles. The van der Waals surface area contributed by atoms with Gasteiger partial charge in [0.25, 0.3) is 0 Å². The number of rotatable bonds is 6. The Bertz CT molecular complexity index is 419. The van der Waals surface area contributed by atoms with Crippen LogP contribution in [0.4, 0.5) is 0 Å². The van der Waals surface area contributed by atoms with Crippen molar-refractivity contribution in [3.63, 3.8) is 0 Å². The number of hydrogen-bond acceptors (Lipinski definition) is 1. The number of carbonyl (C=O) groups excluding carboxylic acids is 1. The Labute approximate surface area is 117 Å². The van der Waals surface area contributed by atoms with E-state index < -0.39 is 0 Å². The van der Waals surface area contributed by atoms with Crippen LogP contribution in [0, 0.1) is 11.8 Å². The highest BCUT2D eigenvalue weighted by Gasteiger charge is 2.26. The number of carbonyl (C=O) groups is 1. The SMILES string of the molecule is C=CC(=O)[C@H]1CCC=C[C@H]1CCC(C(=C)C)=C(C)C. The van der Waals surface area contributed by atoms with Crippen molar-refractivity contribution >= 4 is 5.78 Å². The average molecular weight is 258 g/mol. The zero-order valence-electron chi connectivity index (χ0n) is 12.5. The molecule has 19 heavy (non-hydrogen) atoms. The predicted molar refractivity (Wildman–Crippen MR) is 83.0 cm³/mol. The Hall–Kier alpha value is -1.37. The van der Waals surface area contributed by atoms with E-state index in [0.717, 1.165) is 31.3 Å². The largest absolute Gasteiger partial charge is 0.295 e. The molecule has 0 bridgehead atoms. The van der Waals surface area contributed by atoms with E-state index in [1.54, 1.807) is 0 Å². The third-order valence-corrected chi connectivity index (χ3v) is 3.96.